The topological polar surface area (TPSA) is 103 Å². The molecule has 0 spiro atoms. The maximum Gasteiger partial charge on any atom is 0.354 e. The molecule has 0 atom stereocenters. The number of ether oxygens (including phenoxy) is 1. The Morgan fingerprint density at radius 2 is 2.35 bits per heavy atom. The van der Waals surface area contributed by atoms with Gasteiger partial charge in [0, 0.05) is 18.9 Å². The molecule has 0 aromatic carbocycles. The third-order valence-electron chi connectivity index (χ3n) is 1.78. The average Bonchev–Trinajstić information content (AvgIpc) is 2.28. The number of hydrogen-bond donors (Lipinski definition) is 1. The zero-order valence-electron chi connectivity index (χ0n) is 8.95. The summed E-state index contributed by atoms with van der Waals surface area (Å²) in [4.78, 5) is 24.5. The van der Waals surface area contributed by atoms with Crippen molar-refractivity contribution in [1.82, 2.24) is 4.98 Å². The molecular formula is C9H10N2O5S. The zero-order chi connectivity index (χ0) is 12.8. The molecule has 1 N–H and O–H groups in total. The van der Waals surface area contributed by atoms with E-state index in [0.29, 0.717) is 12.4 Å². The van der Waals surface area contributed by atoms with Crippen molar-refractivity contribution in [2.45, 2.75) is 5.03 Å². The standard InChI is InChI=1S/C9H10N2O5S/c1-16-4-5-17-8-7(11(14)15)3-2-6(10-8)9(12)13/h2-3H,4-5H2,1H3,(H,12,13). The molecule has 0 fully saturated rings. The number of pyridine rings is 1. The lowest BCUT2D eigenvalue weighted by Crippen LogP contribution is -2.04. The van der Waals surface area contributed by atoms with Crippen molar-refractivity contribution >= 4 is 23.4 Å². The number of nitrogens with zero attached hydrogens (tertiary/aromatic N) is 2. The lowest BCUT2D eigenvalue weighted by atomic mass is 10.3. The molecule has 0 aliphatic heterocycles. The van der Waals surface area contributed by atoms with Crippen LogP contribution in [0, 0.1) is 10.1 Å². The van der Waals surface area contributed by atoms with E-state index >= 15 is 0 Å². The van der Waals surface area contributed by atoms with Gasteiger partial charge in [0.15, 0.2) is 5.03 Å². The molecule has 7 nitrogen and oxygen atoms in total. The van der Waals surface area contributed by atoms with Crippen molar-refractivity contribution in [2.75, 3.05) is 19.5 Å². The Morgan fingerprint density at radius 3 is 2.88 bits per heavy atom. The summed E-state index contributed by atoms with van der Waals surface area (Å²) in [5.41, 5.74) is -0.411. The second-order valence-electron chi connectivity index (χ2n) is 2.92. The molecule has 8 heteroatoms. The van der Waals surface area contributed by atoms with Crippen molar-refractivity contribution in [3.63, 3.8) is 0 Å². The third kappa shape index (κ3) is 3.68. The normalized spacial score (nSPS) is 10.2. The summed E-state index contributed by atoms with van der Waals surface area (Å²) in [6.45, 7) is 0.404. The fraction of sp³-hybridized carbons (Fsp3) is 0.333. The lowest BCUT2D eigenvalue weighted by Gasteiger charge is -2.02. The summed E-state index contributed by atoms with van der Waals surface area (Å²) in [5, 5.41) is 19.5. The molecule has 0 saturated carbocycles. The lowest BCUT2D eigenvalue weighted by molar-refractivity contribution is -0.388. The number of carboxylic acids is 1. The highest BCUT2D eigenvalue weighted by Gasteiger charge is 2.18. The molecule has 1 rings (SSSR count). The molecule has 0 amide bonds. The Morgan fingerprint density at radius 1 is 1.65 bits per heavy atom. The predicted molar refractivity (Wildman–Crippen MR) is 60.5 cm³/mol. The van der Waals surface area contributed by atoms with E-state index < -0.39 is 10.9 Å². The molecule has 92 valence electrons. The van der Waals surface area contributed by atoms with E-state index in [-0.39, 0.29) is 16.4 Å². The summed E-state index contributed by atoms with van der Waals surface area (Å²) in [7, 11) is 1.51. The van der Waals surface area contributed by atoms with E-state index in [1.165, 1.54) is 7.11 Å². The highest BCUT2D eigenvalue weighted by Crippen LogP contribution is 2.27. The van der Waals surface area contributed by atoms with Crippen molar-refractivity contribution in [2.24, 2.45) is 0 Å². The second-order valence-corrected chi connectivity index (χ2v) is 4.01. The number of nitro groups is 1. The predicted octanol–water partition coefficient (Wildman–Crippen LogP) is 1.43. The van der Waals surface area contributed by atoms with E-state index in [4.69, 9.17) is 9.84 Å². The van der Waals surface area contributed by atoms with Gasteiger partial charge < -0.3 is 9.84 Å². The summed E-state index contributed by atoms with van der Waals surface area (Å²) in [6, 6.07) is 2.26. The number of methoxy groups -OCH3 is 1. The van der Waals surface area contributed by atoms with Gasteiger partial charge in [0.05, 0.1) is 11.5 Å². The first-order valence-corrected chi connectivity index (χ1v) is 5.55. The van der Waals surface area contributed by atoms with Crippen LogP contribution in [0.2, 0.25) is 0 Å². The molecule has 0 radical (unpaired) electrons. The van der Waals surface area contributed by atoms with Crippen molar-refractivity contribution < 1.29 is 19.6 Å². The molecule has 1 aromatic heterocycles. The molecule has 0 saturated heterocycles. The van der Waals surface area contributed by atoms with Gasteiger partial charge in [-0.1, -0.05) is 11.8 Å². The van der Waals surface area contributed by atoms with Gasteiger partial charge in [-0.25, -0.2) is 9.78 Å². The Bertz CT molecular complexity index is 437. The van der Waals surface area contributed by atoms with Crippen LogP contribution in [0.5, 0.6) is 0 Å². The Labute approximate surface area is 101 Å². The summed E-state index contributed by atoms with van der Waals surface area (Å²) >= 11 is 1.09. The first-order valence-electron chi connectivity index (χ1n) is 4.56. The minimum atomic E-state index is -1.21. The van der Waals surface area contributed by atoms with Gasteiger partial charge in [-0.3, -0.25) is 10.1 Å². The number of rotatable bonds is 6. The number of aromatic nitrogens is 1. The number of hydrogen-bond acceptors (Lipinski definition) is 6. The van der Waals surface area contributed by atoms with E-state index in [1.54, 1.807) is 0 Å². The van der Waals surface area contributed by atoms with Crippen LogP contribution in [0.1, 0.15) is 10.5 Å². The molecule has 0 aliphatic carbocycles. The smallest absolute Gasteiger partial charge is 0.354 e. The average molecular weight is 258 g/mol. The molecule has 1 aromatic rings. The maximum absolute atomic E-state index is 10.7. The van der Waals surface area contributed by atoms with Gasteiger partial charge in [-0.05, 0) is 6.07 Å². The minimum absolute atomic E-state index is 0.0898. The Kier molecular flexibility index (Phi) is 4.85. The van der Waals surface area contributed by atoms with Crippen LogP contribution in [0.15, 0.2) is 17.2 Å². The number of aromatic carboxylic acids is 1. The zero-order valence-corrected chi connectivity index (χ0v) is 9.77. The van der Waals surface area contributed by atoms with Gasteiger partial charge in [0.25, 0.3) is 0 Å². The SMILES string of the molecule is COCCSc1nc(C(=O)O)ccc1[N+](=O)[O-]. The monoisotopic (exact) mass is 258 g/mol. The van der Waals surface area contributed by atoms with Gasteiger partial charge >= 0.3 is 11.7 Å². The van der Waals surface area contributed by atoms with Crippen LogP contribution in [0.4, 0.5) is 5.69 Å². The highest BCUT2D eigenvalue weighted by atomic mass is 32.2. The molecule has 0 aliphatic rings. The number of carbonyl (C=O) groups is 1. The Hall–Kier alpha value is -1.67. The minimum Gasteiger partial charge on any atom is -0.477 e. The maximum atomic E-state index is 10.7. The summed E-state index contributed by atoms with van der Waals surface area (Å²) in [5.74, 6) is -0.749. The van der Waals surface area contributed by atoms with E-state index in [1.807, 2.05) is 0 Å². The van der Waals surface area contributed by atoms with Crippen LogP contribution in [-0.2, 0) is 4.74 Å². The van der Waals surface area contributed by atoms with E-state index in [2.05, 4.69) is 4.98 Å². The van der Waals surface area contributed by atoms with Crippen LogP contribution in [0.25, 0.3) is 0 Å². The third-order valence-corrected chi connectivity index (χ3v) is 2.73. The summed E-state index contributed by atoms with van der Waals surface area (Å²) in [6.07, 6.45) is 0. The molecule has 17 heavy (non-hydrogen) atoms. The number of thioether (sulfide) groups is 1. The first-order chi connectivity index (χ1) is 8.06. The van der Waals surface area contributed by atoms with Crippen LogP contribution in [0.3, 0.4) is 0 Å². The van der Waals surface area contributed by atoms with E-state index in [0.717, 1.165) is 23.9 Å². The largest absolute Gasteiger partial charge is 0.477 e. The van der Waals surface area contributed by atoms with Crippen LogP contribution < -0.4 is 0 Å². The van der Waals surface area contributed by atoms with Crippen LogP contribution >= 0.6 is 11.8 Å². The van der Waals surface area contributed by atoms with Crippen LogP contribution in [-0.4, -0.2) is 40.5 Å². The quantitative estimate of drug-likeness (QED) is 0.356. The van der Waals surface area contributed by atoms with E-state index in [9.17, 15) is 14.9 Å². The summed E-state index contributed by atoms with van der Waals surface area (Å²) < 4.78 is 4.81. The van der Waals surface area contributed by atoms with Crippen molar-refractivity contribution in [1.29, 1.82) is 0 Å². The first kappa shape index (κ1) is 13.4. The van der Waals surface area contributed by atoms with Gasteiger partial charge in [0.2, 0.25) is 0 Å². The van der Waals surface area contributed by atoms with Gasteiger partial charge in [0.1, 0.15) is 5.69 Å². The second kappa shape index (κ2) is 6.16. The fourth-order valence-corrected chi connectivity index (χ4v) is 1.92. The van der Waals surface area contributed by atoms with Gasteiger partial charge in [-0.2, -0.15) is 0 Å². The fourth-order valence-electron chi connectivity index (χ4n) is 1.02. The van der Waals surface area contributed by atoms with Crippen molar-refractivity contribution in [3.05, 3.63) is 27.9 Å². The van der Waals surface area contributed by atoms with Gasteiger partial charge in [-0.15, -0.1) is 0 Å². The van der Waals surface area contributed by atoms with Crippen molar-refractivity contribution in [3.8, 4) is 0 Å². The molecule has 0 unspecified atom stereocenters. The molecular weight excluding hydrogens is 248 g/mol. The molecule has 0 bridgehead atoms. The highest BCUT2D eigenvalue weighted by molar-refractivity contribution is 7.99. The number of carboxylic acid groups (broad SMARTS) is 1. The Balaban J connectivity index is 2.98. The molecule has 1 heterocycles.